The molecule has 1 aromatic rings. The molecule has 0 unspecified atom stereocenters. The molecule has 1 saturated heterocycles. The summed E-state index contributed by atoms with van der Waals surface area (Å²) in [5.74, 6) is 0.564. The number of nitriles is 1. The SMILES string of the molecule is N#Cc1ccc(CSCC(=O)N2C[C@H](C(=O)O)[C@@H](C3CC3)C2)cc1. The van der Waals surface area contributed by atoms with E-state index in [2.05, 4.69) is 6.07 Å². The Morgan fingerprint density at radius 3 is 2.54 bits per heavy atom. The van der Waals surface area contributed by atoms with Crippen molar-refractivity contribution in [3.8, 4) is 6.07 Å². The number of carbonyl (C=O) groups is 2. The van der Waals surface area contributed by atoms with Gasteiger partial charge in [-0.1, -0.05) is 12.1 Å². The molecule has 1 aliphatic heterocycles. The molecule has 1 amide bonds. The van der Waals surface area contributed by atoms with E-state index >= 15 is 0 Å². The number of likely N-dealkylation sites (tertiary alicyclic amines) is 1. The van der Waals surface area contributed by atoms with E-state index < -0.39 is 11.9 Å². The lowest BCUT2D eigenvalue weighted by Crippen LogP contribution is -2.31. The van der Waals surface area contributed by atoms with Crippen LogP contribution < -0.4 is 0 Å². The molecule has 0 spiro atoms. The number of nitrogens with zero attached hydrogens (tertiary/aromatic N) is 2. The van der Waals surface area contributed by atoms with Crippen LogP contribution in [0.5, 0.6) is 0 Å². The summed E-state index contributed by atoms with van der Waals surface area (Å²) in [6.07, 6.45) is 2.20. The second-order valence-corrected chi connectivity index (χ2v) is 7.53. The fraction of sp³-hybridized carbons (Fsp3) is 0.500. The van der Waals surface area contributed by atoms with Crippen LogP contribution in [0.4, 0.5) is 0 Å². The van der Waals surface area contributed by atoms with E-state index in [1.807, 2.05) is 12.1 Å². The summed E-state index contributed by atoms with van der Waals surface area (Å²) in [7, 11) is 0. The Hall–Kier alpha value is -2.00. The van der Waals surface area contributed by atoms with Crippen molar-refractivity contribution in [3.63, 3.8) is 0 Å². The van der Waals surface area contributed by atoms with Crippen LogP contribution in [-0.2, 0) is 15.3 Å². The number of carbonyl (C=O) groups excluding carboxylic acids is 1. The molecule has 1 N–H and O–H groups in total. The quantitative estimate of drug-likeness (QED) is 0.857. The highest BCUT2D eigenvalue weighted by atomic mass is 32.2. The number of thioether (sulfide) groups is 1. The van der Waals surface area contributed by atoms with Crippen molar-refractivity contribution in [2.75, 3.05) is 18.8 Å². The number of aliphatic carboxylic acids is 1. The molecule has 6 heteroatoms. The van der Waals surface area contributed by atoms with Gasteiger partial charge in [0.15, 0.2) is 0 Å². The molecule has 1 aliphatic carbocycles. The molecular weight excluding hydrogens is 324 g/mol. The summed E-state index contributed by atoms with van der Waals surface area (Å²) < 4.78 is 0. The predicted molar refractivity (Wildman–Crippen MR) is 91.2 cm³/mol. The standard InChI is InChI=1S/C18H20N2O3S/c19-7-12-1-3-13(4-2-12)10-24-11-17(21)20-8-15(14-5-6-14)16(9-20)18(22)23/h1-4,14-16H,5-6,8-11H2,(H,22,23)/t15-,16+/m1/s1. The molecule has 0 radical (unpaired) electrons. The van der Waals surface area contributed by atoms with Crippen molar-refractivity contribution in [2.45, 2.75) is 18.6 Å². The summed E-state index contributed by atoms with van der Waals surface area (Å²) in [5, 5.41) is 18.1. The third-order valence-electron chi connectivity index (χ3n) is 4.84. The summed E-state index contributed by atoms with van der Waals surface area (Å²) >= 11 is 1.53. The summed E-state index contributed by atoms with van der Waals surface area (Å²) in [4.78, 5) is 25.5. The normalized spacial score (nSPS) is 23.0. The highest BCUT2D eigenvalue weighted by molar-refractivity contribution is 7.99. The fourth-order valence-electron chi connectivity index (χ4n) is 3.32. The van der Waals surface area contributed by atoms with Crippen LogP contribution in [0.1, 0.15) is 24.0 Å². The lowest BCUT2D eigenvalue weighted by molar-refractivity contribution is -0.142. The predicted octanol–water partition coefficient (Wildman–Crippen LogP) is 2.36. The van der Waals surface area contributed by atoms with Crippen LogP contribution in [0.2, 0.25) is 0 Å². The Balaban J connectivity index is 1.48. The number of hydrogen-bond acceptors (Lipinski definition) is 4. The average Bonchev–Trinajstić information content (AvgIpc) is 3.33. The van der Waals surface area contributed by atoms with E-state index in [0.717, 1.165) is 18.4 Å². The second-order valence-electron chi connectivity index (χ2n) is 6.55. The first kappa shape index (κ1) is 16.8. The van der Waals surface area contributed by atoms with Crippen LogP contribution in [0.15, 0.2) is 24.3 Å². The Morgan fingerprint density at radius 2 is 1.96 bits per heavy atom. The van der Waals surface area contributed by atoms with Crippen LogP contribution >= 0.6 is 11.8 Å². The summed E-state index contributed by atoms with van der Waals surface area (Å²) in [5.41, 5.74) is 1.70. The van der Waals surface area contributed by atoms with Crippen molar-refractivity contribution in [1.82, 2.24) is 4.90 Å². The van der Waals surface area contributed by atoms with Crippen molar-refractivity contribution in [2.24, 2.45) is 17.8 Å². The van der Waals surface area contributed by atoms with E-state index in [9.17, 15) is 14.7 Å². The molecule has 0 aromatic heterocycles. The second kappa shape index (κ2) is 7.27. The van der Waals surface area contributed by atoms with Gasteiger partial charge in [0.25, 0.3) is 0 Å². The van der Waals surface area contributed by atoms with Gasteiger partial charge in [0.2, 0.25) is 5.91 Å². The van der Waals surface area contributed by atoms with Gasteiger partial charge in [-0.2, -0.15) is 5.26 Å². The summed E-state index contributed by atoms with van der Waals surface area (Å²) in [6, 6.07) is 9.43. The molecule has 3 rings (SSSR count). The molecule has 2 aliphatic rings. The third kappa shape index (κ3) is 3.90. The Labute approximate surface area is 145 Å². The first-order valence-electron chi connectivity index (χ1n) is 8.16. The largest absolute Gasteiger partial charge is 0.481 e. The van der Waals surface area contributed by atoms with Crippen LogP contribution in [0.3, 0.4) is 0 Å². The zero-order chi connectivity index (χ0) is 17.1. The zero-order valence-corrected chi connectivity index (χ0v) is 14.2. The van der Waals surface area contributed by atoms with Gasteiger partial charge in [-0.15, -0.1) is 11.8 Å². The Bertz CT molecular complexity index is 664. The molecule has 1 saturated carbocycles. The van der Waals surface area contributed by atoms with Crippen molar-refractivity contribution >= 4 is 23.6 Å². The van der Waals surface area contributed by atoms with Gasteiger partial charge < -0.3 is 10.0 Å². The Morgan fingerprint density at radius 1 is 1.25 bits per heavy atom. The highest BCUT2D eigenvalue weighted by Gasteiger charge is 2.46. The monoisotopic (exact) mass is 344 g/mol. The first-order chi connectivity index (χ1) is 11.6. The molecule has 126 valence electrons. The van der Waals surface area contributed by atoms with Crippen LogP contribution in [-0.4, -0.2) is 40.7 Å². The summed E-state index contributed by atoms with van der Waals surface area (Å²) in [6.45, 7) is 0.949. The van der Waals surface area contributed by atoms with Gasteiger partial charge in [-0.05, 0) is 42.4 Å². The van der Waals surface area contributed by atoms with Crippen LogP contribution in [0, 0.1) is 29.1 Å². The minimum Gasteiger partial charge on any atom is -0.481 e. The number of rotatable bonds is 6. The van der Waals surface area contributed by atoms with E-state index in [1.54, 1.807) is 17.0 Å². The molecule has 2 fully saturated rings. The fourth-order valence-corrected chi connectivity index (χ4v) is 4.21. The lowest BCUT2D eigenvalue weighted by atomic mass is 9.92. The zero-order valence-electron chi connectivity index (χ0n) is 13.4. The van der Waals surface area contributed by atoms with Gasteiger partial charge in [-0.25, -0.2) is 0 Å². The highest BCUT2D eigenvalue weighted by Crippen LogP contribution is 2.44. The minimum atomic E-state index is -0.771. The maximum atomic E-state index is 12.4. The minimum absolute atomic E-state index is 0.0306. The molecular formula is C18H20N2O3S. The number of hydrogen-bond donors (Lipinski definition) is 1. The molecule has 2 atom stereocenters. The van der Waals surface area contributed by atoms with Gasteiger partial charge in [0, 0.05) is 18.8 Å². The van der Waals surface area contributed by atoms with E-state index in [0.29, 0.717) is 36.1 Å². The number of benzene rings is 1. The maximum absolute atomic E-state index is 12.4. The molecule has 5 nitrogen and oxygen atoms in total. The third-order valence-corrected chi connectivity index (χ3v) is 5.83. The number of carboxylic acids is 1. The molecule has 1 heterocycles. The van der Waals surface area contributed by atoms with E-state index in [1.165, 1.54) is 11.8 Å². The topological polar surface area (TPSA) is 81.4 Å². The van der Waals surface area contributed by atoms with Gasteiger partial charge in [-0.3, -0.25) is 9.59 Å². The molecule has 1 aromatic carbocycles. The first-order valence-corrected chi connectivity index (χ1v) is 9.31. The molecule has 24 heavy (non-hydrogen) atoms. The van der Waals surface area contributed by atoms with Crippen molar-refractivity contribution in [1.29, 1.82) is 5.26 Å². The molecule has 0 bridgehead atoms. The van der Waals surface area contributed by atoms with Crippen molar-refractivity contribution < 1.29 is 14.7 Å². The van der Waals surface area contributed by atoms with Gasteiger partial charge in [0.05, 0.1) is 23.3 Å². The van der Waals surface area contributed by atoms with Gasteiger partial charge >= 0.3 is 5.97 Å². The van der Waals surface area contributed by atoms with Crippen LogP contribution in [0.25, 0.3) is 0 Å². The van der Waals surface area contributed by atoms with Gasteiger partial charge in [0.1, 0.15) is 0 Å². The van der Waals surface area contributed by atoms with E-state index in [-0.39, 0.29) is 11.8 Å². The smallest absolute Gasteiger partial charge is 0.308 e. The number of carboxylic acid groups (broad SMARTS) is 1. The maximum Gasteiger partial charge on any atom is 0.308 e. The lowest BCUT2D eigenvalue weighted by Gasteiger charge is -2.16. The Kier molecular flexibility index (Phi) is 5.10. The number of amides is 1. The average molecular weight is 344 g/mol. The van der Waals surface area contributed by atoms with E-state index in [4.69, 9.17) is 5.26 Å². The van der Waals surface area contributed by atoms with Crippen molar-refractivity contribution in [3.05, 3.63) is 35.4 Å².